The van der Waals surface area contributed by atoms with Gasteiger partial charge >= 0.3 is 6.03 Å². The fourth-order valence-corrected chi connectivity index (χ4v) is 1.51. The third-order valence-corrected chi connectivity index (χ3v) is 2.46. The molecule has 0 radical (unpaired) electrons. The van der Waals surface area contributed by atoms with Gasteiger partial charge in [-0.05, 0) is 31.5 Å². The van der Waals surface area contributed by atoms with Gasteiger partial charge < -0.3 is 10.6 Å². The first-order valence-electron chi connectivity index (χ1n) is 5.60. The van der Waals surface area contributed by atoms with E-state index in [2.05, 4.69) is 16.0 Å². The zero-order valence-electron chi connectivity index (χ0n) is 10.3. The van der Waals surface area contributed by atoms with E-state index in [4.69, 9.17) is 11.6 Å². The number of imide groups is 1. The van der Waals surface area contributed by atoms with Crippen molar-refractivity contribution in [2.24, 2.45) is 0 Å². The van der Waals surface area contributed by atoms with Gasteiger partial charge in [0.05, 0.1) is 6.54 Å². The van der Waals surface area contributed by atoms with Crippen molar-refractivity contribution in [1.82, 2.24) is 10.6 Å². The number of aryl methyl sites for hydroxylation is 1. The van der Waals surface area contributed by atoms with Crippen molar-refractivity contribution in [2.45, 2.75) is 13.8 Å². The number of anilines is 1. The topological polar surface area (TPSA) is 70.2 Å². The molecule has 0 aliphatic rings. The minimum absolute atomic E-state index is 0.0122. The van der Waals surface area contributed by atoms with E-state index < -0.39 is 11.9 Å². The molecule has 0 saturated heterocycles. The first-order valence-corrected chi connectivity index (χ1v) is 5.98. The van der Waals surface area contributed by atoms with Crippen molar-refractivity contribution in [3.63, 3.8) is 0 Å². The number of rotatable bonds is 4. The second kappa shape index (κ2) is 6.86. The molecule has 3 N–H and O–H groups in total. The Hall–Kier alpha value is -1.75. The summed E-state index contributed by atoms with van der Waals surface area (Å²) < 4.78 is 0. The Morgan fingerprint density at radius 1 is 1.33 bits per heavy atom. The number of benzene rings is 1. The fourth-order valence-electron chi connectivity index (χ4n) is 1.34. The number of hydrogen-bond acceptors (Lipinski definition) is 3. The SMILES string of the molecule is CCNC(=O)NC(=O)CNc1cc(Cl)ccc1C. The zero-order chi connectivity index (χ0) is 13.5. The second-order valence-corrected chi connectivity index (χ2v) is 4.16. The number of amides is 3. The maximum atomic E-state index is 11.4. The number of carbonyl (C=O) groups is 2. The predicted octanol–water partition coefficient (Wildman–Crippen LogP) is 1.91. The van der Waals surface area contributed by atoms with Gasteiger partial charge in [0.1, 0.15) is 0 Å². The van der Waals surface area contributed by atoms with Crippen LogP contribution in [-0.2, 0) is 4.79 Å². The molecule has 98 valence electrons. The van der Waals surface area contributed by atoms with E-state index in [-0.39, 0.29) is 6.54 Å². The van der Waals surface area contributed by atoms with Gasteiger partial charge in [-0.25, -0.2) is 4.79 Å². The Labute approximate surface area is 111 Å². The summed E-state index contributed by atoms with van der Waals surface area (Å²) in [4.78, 5) is 22.5. The molecular weight excluding hydrogens is 254 g/mol. The first kappa shape index (κ1) is 14.3. The molecule has 0 saturated carbocycles. The van der Waals surface area contributed by atoms with Gasteiger partial charge in [-0.1, -0.05) is 17.7 Å². The van der Waals surface area contributed by atoms with Crippen LogP contribution in [-0.4, -0.2) is 25.0 Å². The standard InChI is InChI=1S/C12H16ClN3O2/c1-3-14-12(18)16-11(17)7-15-10-6-9(13)5-4-8(10)2/h4-6,15H,3,7H2,1-2H3,(H2,14,16,17,18). The van der Waals surface area contributed by atoms with Crippen LogP contribution in [0.25, 0.3) is 0 Å². The molecule has 6 heteroatoms. The summed E-state index contributed by atoms with van der Waals surface area (Å²) in [6, 6.07) is 4.87. The molecule has 1 rings (SSSR count). The molecule has 0 aromatic heterocycles. The molecule has 0 fully saturated rings. The van der Waals surface area contributed by atoms with Crippen LogP contribution in [0.4, 0.5) is 10.5 Å². The highest BCUT2D eigenvalue weighted by Gasteiger charge is 2.07. The van der Waals surface area contributed by atoms with Gasteiger partial charge in [0.2, 0.25) is 5.91 Å². The van der Waals surface area contributed by atoms with E-state index in [0.717, 1.165) is 11.3 Å². The van der Waals surface area contributed by atoms with E-state index in [0.29, 0.717) is 11.6 Å². The molecular formula is C12H16ClN3O2. The number of nitrogens with one attached hydrogen (secondary N) is 3. The van der Waals surface area contributed by atoms with Crippen molar-refractivity contribution in [3.8, 4) is 0 Å². The fraction of sp³-hybridized carbons (Fsp3) is 0.333. The quantitative estimate of drug-likeness (QED) is 0.782. The minimum Gasteiger partial charge on any atom is -0.376 e. The zero-order valence-corrected chi connectivity index (χ0v) is 11.1. The van der Waals surface area contributed by atoms with Gasteiger partial charge in [-0.15, -0.1) is 0 Å². The summed E-state index contributed by atoms with van der Waals surface area (Å²) in [6.45, 7) is 4.16. The highest BCUT2D eigenvalue weighted by molar-refractivity contribution is 6.30. The predicted molar refractivity (Wildman–Crippen MR) is 71.9 cm³/mol. The van der Waals surface area contributed by atoms with Gasteiger partial charge in [-0.2, -0.15) is 0 Å². The lowest BCUT2D eigenvalue weighted by Crippen LogP contribution is -2.41. The number of carbonyl (C=O) groups excluding carboxylic acids is 2. The molecule has 0 spiro atoms. The minimum atomic E-state index is -0.493. The number of hydrogen-bond donors (Lipinski definition) is 3. The maximum absolute atomic E-state index is 11.4. The van der Waals surface area contributed by atoms with Crippen molar-refractivity contribution in [2.75, 3.05) is 18.4 Å². The Kier molecular flexibility index (Phi) is 5.45. The Morgan fingerprint density at radius 2 is 2.06 bits per heavy atom. The van der Waals surface area contributed by atoms with Crippen LogP contribution in [0.2, 0.25) is 5.02 Å². The number of halogens is 1. The third-order valence-electron chi connectivity index (χ3n) is 2.23. The molecule has 0 heterocycles. The summed E-state index contributed by atoms with van der Waals surface area (Å²) in [5, 5.41) is 8.19. The largest absolute Gasteiger partial charge is 0.376 e. The summed E-state index contributed by atoms with van der Waals surface area (Å²) in [7, 11) is 0. The van der Waals surface area contributed by atoms with Gasteiger partial charge in [0, 0.05) is 17.3 Å². The molecule has 0 unspecified atom stereocenters. The van der Waals surface area contributed by atoms with Crippen molar-refractivity contribution in [1.29, 1.82) is 0 Å². The van der Waals surface area contributed by atoms with Crippen LogP contribution in [0, 0.1) is 6.92 Å². The first-order chi connectivity index (χ1) is 8.52. The van der Waals surface area contributed by atoms with Crippen LogP contribution in [0.1, 0.15) is 12.5 Å². The smallest absolute Gasteiger partial charge is 0.321 e. The highest BCUT2D eigenvalue weighted by Crippen LogP contribution is 2.19. The summed E-state index contributed by atoms with van der Waals surface area (Å²) in [5.74, 6) is -0.402. The molecule has 1 aromatic carbocycles. The summed E-state index contributed by atoms with van der Waals surface area (Å²) in [5.41, 5.74) is 1.75. The average molecular weight is 270 g/mol. The second-order valence-electron chi connectivity index (χ2n) is 3.72. The third kappa shape index (κ3) is 4.63. The van der Waals surface area contributed by atoms with Crippen LogP contribution in [0.5, 0.6) is 0 Å². The Balaban J connectivity index is 2.47. The number of urea groups is 1. The maximum Gasteiger partial charge on any atom is 0.321 e. The monoisotopic (exact) mass is 269 g/mol. The van der Waals surface area contributed by atoms with Gasteiger partial charge in [0.15, 0.2) is 0 Å². The summed E-state index contributed by atoms with van der Waals surface area (Å²) >= 11 is 5.85. The molecule has 0 atom stereocenters. The molecule has 18 heavy (non-hydrogen) atoms. The van der Waals surface area contributed by atoms with Crippen LogP contribution >= 0.6 is 11.6 Å². The molecule has 0 aliphatic carbocycles. The Bertz CT molecular complexity index is 449. The van der Waals surface area contributed by atoms with Crippen molar-refractivity contribution in [3.05, 3.63) is 28.8 Å². The average Bonchev–Trinajstić information content (AvgIpc) is 2.30. The molecule has 0 bridgehead atoms. The van der Waals surface area contributed by atoms with E-state index in [1.165, 1.54) is 0 Å². The molecule has 5 nitrogen and oxygen atoms in total. The van der Waals surface area contributed by atoms with Crippen molar-refractivity contribution < 1.29 is 9.59 Å². The molecule has 3 amide bonds. The van der Waals surface area contributed by atoms with Gasteiger partial charge in [0.25, 0.3) is 0 Å². The van der Waals surface area contributed by atoms with Gasteiger partial charge in [-0.3, -0.25) is 10.1 Å². The lowest BCUT2D eigenvalue weighted by molar-refractivity contribution is -0.118. The summed E-state index contributed by atoms with van der Waals surface area (Å²) in [6.07, 6.45) is 0. The van der Waals surface area contributed by atoms with Crippen molar-refractivity contribution >= 4 is 29.2 Å². The van der Waals surface area contributed by atoms with E-state index in [9.17, 15) is 9.59 Å². The van der Waals surface area contributed by atoms with Crippen LogP contribution in [0.15, 0.2) is 18.2 Å². The lowest BCUT2D eigenvalue weighted by atomic mass is 10.2. The Morgan fingerprint density at radius 3 is 2.72 bits per heavy atom. The molecule has 1 aromatic rings. The lowest BCUT2D eigenvalue weighted by Gasteiger charge is -2.10. The van der Waals surface area contributed by atoms with Crippen LogP contribution in [0.3, 0.4) is 0 Å². The molecule has 0 aliphatic heterocycles. The van der Waals surface area contributed by atoms with E-state index in [1.54, 1.807) is 19.1 Å². The van der Waals surface area contributed by atoms with Crippen LogP contribution < -0.4 is 16.0 Å². The normalized spacial score (nSPS) is 9.72. The highest BCUT2D eigenvalue weighted by atomic mass is 35.5. The van der Waals surface area contributed by atoms with E-state index >= 15 is 0 Å². The van der Waals surface area contributed by atoms with E-state index in [1.807, 2.05) is 13.0 Å².